The average molecular weight is 290 g/mol. The van der Waals surface area contributed by atoms with Crippen LogP contribution < -0.4 is 0 Å². The highest BCUT2D eigenvalue weighted by Gasteiger charge is 2.40. The molecule has 21 heavy (non-hydrogen) atoms. The van der Waals surface area contributed by atoms with Crippen molar-refractivity contribution in [3.05, 3.63) is 30.1 Å². The first-order chi connectivity index (χ1) is 9.91. The number of carbonyl (C=O) groups is 2. The van der Waals surface area contributed by atoms with Crippen LogP contribution in [0, 0.1) is 0 Å². The molecule has 0 amide bonds. The predicted molar refractivity (Wildman–Crippen MR) is 78.8 cm³/mol. The first-order valence-corrected chi connectivity index (χ1v) is 7.30. The number of ketones is 1. The first-order valence-electron chi connectivity index (χ1n) is 7.30. The number of likely N-dealkylation sites (N-methyl/N-ethyl adjacent to an activating group) is 1. The van der Waals surface area contributed by atoms with E-state index in [1.165, 1.54) is 0 Å². The number of Topliss-reactive ketones (excluding diaryl/α,β-unsaturated/α-hetero) is 1. The fraction of sp³-hybridized carbons (Fsp3) is 0.562. The summed E-state index contributed by atoms with van der Waals surface area (Å²) in [5.41, 5.74) is 0.239. The quantitative estimate of drug-likeness (QED) is 0.771. The lowest BCUT2D eigenvalue weighted by atomic mass is 9.99. The van der Waals surface area contributed by atoms with Crippen molar-refractivity contribution in [2.75, 3.05) is 13.1 Å². The van der Waals surface area contributed by atoms with Crippen LogP contribution in [0.3, 0.4) is 0 Å². The Morgan fingerprint density at radius 3 is 2.86 bits per heavy atom. The minimum Gasteiger partial charge on any atom is -0.457 e. The van der Waals surface area contributed by atoms with Gasteiger partial charge in [-0.05, 0) is 32.5 Å². The molecule has 0 saturated carbocycles. The van der Waals surface area contributed by atoms with Crippen LogP contribution >= 0.6 is 0 Å². The molecule has 1 aliphatic heterocycles. The summed E-state index contributed by atoms with van der Waals surface area (Å²) in [7, 11) is 0. The topological polar surface area (TPSA) is 59.5 Å². The molecule has 1 unspecified atom stereocenters. The second-order valence-corrected chi connectivity index (χ2v) is 6.00. The number of morpholine rings is 1. The van der Waals surface area contributed by atoms with Gasteiger partial charge < -0.3 is 4.74 Å². The molecule has 1 atom stereocenters. The minimum atomic E-state index is -0.492. The van der Waals surface area contributed by atoms with E-state index in [0.29, 0.717) is 6.54 Å². The Hall–Kier alpha value is -1.75. The summed E-state index contributed by atoms with van der Waals surface area (Å²) in [5, 5.41) is 0. The number of nitrogens with zero attached hydrogens (tertiary/aromatic N) is 2. The monoisotopic (exact) mass is 290 g/mol. The molecule has 114 valence electrons. The van der Waals surface area contributed by atoms with Gasteiger partial charge in [-0.3, -0.25) is 19.5 Å². The van der Waals surface area contributed by atoms with Crippen molar-refractivity contribution >= 4 is 11.8 Å². The number of aromatic nitrogens is 1. The number of cyclic esters (lactones) is 1. The van der Waals surface area contributed by atoms with Crippen molar-refractivity contribution in [1.82, 2.24) is 9.88 Å². The van der Waals surface area contributed by atoms with Gasteiger partial charge in [-0.25, -0.2) is 0 Å². The van der Waals surface area contributed by atoms with Gasteiger partial charge >= 0.3 is 5.97 Å². The van der Waals surface area contributed by atoms with E-state index < -0.39 is 11.6 Å². The smallest absolute Gasteiger partial charge is 0.324 e. The molecule has 0 spiro atoms. The molecule has 0 N–H and O–H groups in total. The van der Waals surface area contributed by atoms with Crippen LogP contribution in [0.1, 0.15) is 32.9 Å². The third kappa shape index (κ3) is 4.11. The molecule has 2 rings (SSSR count). The van der Waals surface area contributed by atoms with Crippen LogP contribution in [0.4, 0.5) is 0 Å². The normalized spacial score (nSPS) is 21.9. The number of hydrogen-bond donors (Lipinski definition) is 0. The number of pyridine rings is 1. The predicted octanol–water partition coefficient (Wildman–Crippen LogP) is 1.61. The van der Waals surface area contributed by atoms with Crippen molar-refractivity contribution in [3.8, 4) is 0 Å². The third-order valence-electron chi connectivity index (χ3n) is 3.61. The summed E-state index contributed by atoms with van der Waals surface area (Å²) in [4.78, 5) is 30.5. The van der Waals surface area contributed by atoms with Gasteiger partial charge in [0, 0.05) is 31.3 Å². The summed E-state index contributed by atoms with van der Waals surface area (Å²) >= 11 is 0. The average Bonchev–Trinajstić information content (AvgIpc) is 2.42. The van der Waals surface area contributed by atoms with Gasteiger partial charge in [-0.2, -0.15) is 0 Å². The van der Waals surface area contributed by atoms with E-state index in [1.807, 2.05) is 43.9 Å². The third-order valence-corrected chi connectivity index (χ3v) is 3.61. The van der Waals surface area contributed by atoms with Gasteiger partial charge in [0.05, 0.1) is 0 Å². The van der Waals surface area contributed by atoms with Crippen LogP contribution in [-0.4, -0.2) is 46.4 Å². The van der Waals surface area contributed by atoms with Gasteiger partial charge in [0.2, 0.25) is 0 Å². The molecule has 2 heterocycles. The van der Waals surface area contributed by atoms with Crippen LogP contribution in [0.5, 0.6) is 0 Å². The van der Waals surface area contributed by atoms with E-state index in [4.69, 9.17) is 4.74 Å². The zero-order valence-corrected chi connectivity index (χ0v) is 12.8. The molecule has 1 fully saturated rings. The number of rotatable bonds is 5. The van der Waals surface area contributed by atoms with Crippen molar-refractivity contribution in [2.45, 2.75) is 45.3 Å². The maximum atomic E-state index is 12.2. The van der Waals surface area contributed by atoms with Crippen molar-refractivity contribution in [3.63, 3.8) is 0 Å². The Morgan fingerprint density at radius 1 is 1.48 bits per heavy atom. The summed E-state index contributed by atoms with van der Waals surface area (Å²) < 4.78 is 5.42. The SMILES string of the molecule is CCN1CC(C)(C)OC(=O)C1CC(=O)Cc1ccccn1. The van der Waals surface area contributed by atoms with Crippen LogP contribution in [-0.2, 0) is 20.7 Å². The molecule has 0 radical (unpaired) electrons. The second kappa shape index (κ2) is 6.35. The van der Waals surface area contributed by atoms with Crippen LogP contribution in [0.2, 0.25) is 0 Å². The zero-order chi connectivity index (χ0) is 15.5. The fourth-order valence-electron chi connectivity index (χ4n) is 2.66. The maximum absolute atomic E-state index is 12.2. The number of ether oxygens (including phenoxy) is 1. The summed E-state index contributed by atoms with van der Waals surface area (Å²) in [5.74, 6) is -0.295. The Balaban J connectivity index is 2.00. The van der Waals surface area contributed by atoms with E-state index in [-0.39, 0.29) is 24.6 Å². The Morgan fingerprint density at radius 2 is 2.24 bits per heavy atom. The molecule has 1 aromatic rings. The van der Waals surface area contributed by atoms with Gasteiger partial charge in [0.15, 0.2) is 0 Å². The van der Waals surface area contributed by atoms with Gasteiger partial charge in [-0.1, -0.05) is 13.0 Å². The number of carbonyl (C=O) groups excluding carboxylic acids is 2. The van der Waals surface area contributed by atoms with Gasteiger partial charge in [0.1, 0.15) is 17.4 Å². The first kappa shape index (κ1) is 15.6. The van der Waals surface area contributed by atoms with Crippen LogP contribution in [0.25, 0.3) is 0 Å². The second-order valence-electron chi connectivity index (χ2n) is 6.00. The lowest BCUT2D eigenvalue weighted by Gasteiger charge is -2.41. The van der Waals surface area contributed by atoms with E-state index in [1.54, 1.807) is 6.20 Å². The standard InChI is InChI=1S/C16H22N2O3/c1-4-18-11-16(2,3)21-15(20)14(18)10-13(19)9-12-7-5-6-8-17-12/h5-8,14H,4,9-11H2,1-3H3. The fourth-order valence-corrected chi connectivity index (χ4v) is 2.66. The lowest BCUT2D eigenvalue weighted by Crippen LogP contribution is -2.57. The molecule has 0 aliphatic carbocycles. The lowest BCUT2D eigenvalue weighted by molar-refractivity contribution is -0.178. The van der Waals surface area contributed by atoms with Crippen LogP contribution in [0.15, 0.2) is 24.4 Å². The van der Waals surface area contributed by atoms with E-state index in [0.717, 1.165) is 12.2 Å². The molecule has 5 heteroatoms. The highest BCUT2D eigenvalue weighted by Crippen LogP contribution is 2.23. The Bertz CT molecular complexity index is 514. The summed E-state index contributed by atoms with van der Waals surface area (Å²) in [6.45, 7) is 7.14. The minimum absolute atomic E-state index is 0.00815. The summed E-state index contributed by atoms with van der Waals surface area (Å²) in [6, 6.07) is 5.01. The van der Waals surface area contributed by atoms with Crippen molar-refractivity contribution in [2.24, 2.45) is 0 Å². The van der Waals surface area contributed by atoms with Gasteiger partial charge in [-0.15, -0.1) is 0 Å². The largest absolute Gasteiger partial charge is 0.457 e. The highest BCUT2D eigenvalue weighted by molar-refractivity contribution is 5.88. The molecule has 0 aromatic carbocycles. The molecule has 1 aliphatic rings. The zero-order valence-electron chi connectivity index (χ0n) is 12.8. The molecule has 1 aromatic heterocycles. The Kier molecular flexibility index (Phi) is 4.73. The van der Waals surface area contributed by atoms with Crippen molar-refractivity contribution < 1.29 is 14.3 Å². The van der Waals surface area contributed by atoms with E-state index >= 15 is 0 Å². The van der Waals surface area contributed by atoms with Crippen molar-refractivity contribution in [1.29, 1.82) is 0 Å². The van der Waals surface area contributed by atoms with Gasteiger partial charge in [0.25, 0.3) is 0 Å². The molecule has 0 bridgehead atoms. The molecular weight excluding hydrogens is 268 g/mol. The summed E-state index contributed by atoms with van der Waals surface area (Å²) in [6.07, 6.45) is 2.10. The highest BCUT2D eigenvalue weighted by atomic mass is 16.6. The van der Waals surface area contributed by atoms with E-state index in [9.17, 15) is 9.59 Å². The van der Waals surface area contributed by atoms with E-state index in [2.05, 4.69) is 4.98 Å². The number of esters is 1. The molecule has 1 saturated heterocycles. The maximum Gasteiger partial charge on any atom is 0.324 e. The number of hydrogen-bond acceptors (Lipinski definition) is 5. The molecular formula is C16H22N2O3. The molecule has 5 nitrogen and oxygen atoms in total. The Labute approximate surface area is 125 Å².